The monoisotopic (exact) mass is 345 g/mol. The van der Waals surface area contributed by atoms with Crippen molar-refractivity contribution in [3.8, 4) is 11.3 Å². The third-order valence-electron chi connectivity index (χ3n) is 4.12. The quantitative estimate of drug-likeness (QED) is 0.870. The molecule has 0 bridgehead atoms. The van der Waals surface area contributed by atoms with Gasteiger partial charge in [0.05, 0.1) is 6.20 Å². The van der Waals surface area contributed by atoms with Crippen molar-refractivity contribution < 1.29 is 18.4 Å². The first-order valence-corrected chi connectivity index (χ1v) is 8.39. The second-order valence-electron chi connectivity index (χ2n) is 6.03. The highest BCUT2D eigenvalue weighted by atomic mass is 19.1. The number of benzene rings is 1. The maximum absolute atomic E-state index is 12.9. The highest BCUT2D eigenvalue weighted by Gasteiger charge is 2.22. The number of hydrogen-bond donors (Lipinski definition) is 2. The van der Waals surface area contributed by atoms with E-state index in [2.05, 4.69) is 15.6 Å². The van der Waals surface area contributed by atoms with Gasteiger partial charge < -0.3 is 15.1 Å². The van der Waals surface area contributed by atoms with Crippen LogP contribution in [-0.2, 0) is 16.0 Å². The van der Waals surface area contributed by atoms with Crippen LogP contribution in [0, 0.1) is 5.82 Å². The molecule has 1 saturated heterocycles. The van der Waals surface area contributed by atoms with Gasteiger partial charge in [-0.15, -0.1) is 0 Å². The second-order valence-corrected chi connectivity index (χ2v) is 6.03. The number of carbonyl (C=O) groups excluding carboxylic acids is 2. The van der Waals surface area contributed by atoms with Crippen LogP contribution >= 0.6 is 0 Å². The molecule has 2 N–H and O–H groups in total. The molecule has 1 aliphatic heterocycles. The number of halogens is 1. The predicted octanol–water partition coefficient (Wildman–Crippen LogP) is 2.20. The van der Waals surface area contributed by atoms with E-state index < -0.39 is 6.04 Å². The first-order valence-electron chi connectivity index (χ1n) is 8.39. The smallest absolute Gasteiger partial charge is 0.242 e. The van der Waals surface area contributed by atoms with Gasteiger partial charge >= 0.3 is 0 Å². The Labute approximate surface area is 144 Å². The van der Waals surface area contributed by atoms with Crippen molar-refractivity contribution in [2.75, 3.05) is 6.54 Å². The van der Waals surface area contributed by atoms with Crippen LogP contribution < -0.4 is 10.6 Å². The van der Waals surface area contributed by atoms with Crippen molar-refractivity contribution in [2.45, 2.75) is 38.1 Å². The van der Waals surface area contributed by atoms with E-state index in [1.54, 1.807) is 18.3 Å². The summed E-state index contributed by atoms with van der Waals surface area (Å²) in [6.45, 7) is 0.660. The molecule has 6 nitrogen and oxygen atoms in total. The van der Waals surface area contributed by atoms with Crippen LogP contribution in [0.5, 0.6) is 0 Å². The lowest BCUT2D eigenvalue weighted by molar-refractivity contribution is -0.128. The number of rotatable bonds is 5. The Morgan fingerprint density at radius 1 is 1.32 bits per heavy atom. The molecule has 1 aromatic heterocycles. The second kappa shape index (κ2) is 7.92. The van der Waals surface area contributed by atoms with Crippen molar-refractivity contribution in [1.82, 2.24) is 15.6 Å². The molecule has 25 heavy (non-hydrogen) atoms. The van der Waals surface area contributed by atoms with E-state index >= 15 is 0 Å². The molecule has 1 aliphatic rings. The fourth-order valence-corrected chi connectivity index (χ4v) is 2.74. The summed E-state index contributed by atoms with van der Waals surface area (Å²) in [7, 11) is 0. The van der Waals surface area contributed by atoms with Crippen LogP contribution in [-0.4, -0.2) is 29.4 Å². The third kappa shape index (κ3) is 4.65. The molecule has 0 aliphatic carbocycles. The molecule has 1 fully saturated rings. The van der Waals surface area contributed by atoms with Gasteiger partial charge in [0.1, 0.15) is 11.9 Å². The largest absolute Gasteiger partial charge is 0.441 e. The number of amides is 2. The normalized spacial score (nSPS) is 17.6. The van der Waals surface area contributed by atoms with Gasteiger partial charge in [-0.2, -0.15) is 0 Å². The van der Waals surface area contributed by atoms with Crippen LogP contribution in [0.3, 0.4) is 0 Å². The van der Waals surface area contributed by atoms with Gasteiger partial charge in [-0.1, -0.05) is 0 Å². The average Bonchev–Trinajstić information content (AvgIpc) is 2.99. The van der Waals surface area contributed by atoms with Gasteiger partial charge in [0.2, 0.25) is 11.8 Å². The molecule has 0 saturated carbocycles. The molecule has 2 aromatic rings. The molecule has 0 spiro atoms. The van der Waals surface area contributed by atoms with Gasteiger partial charge in [0.25, 0.3) is 0 Å². The minimum atomic E-state index is -0.464. The number of carbonyl (C=O) groups is 2. The Balaban J connectivity index is 1.52. The molecule has 2 heterocycles. The summed E-state index contributed by atoms with van der Waals surface area (Å²) >= 11 is 0. The van der Waals surface area contributed by atoms with Crippen molar-refractivity contribution in [3.05, 3.63) is 42.2 Å². The lowest BCUT2D eigenvalue weighted by Crippen LogP contribution is -2.45. The number of nitrogens with one attached hydrogen (secondary N) is 2. The van der Waals surface area contributed by atoms with Gasteiger partial charge in [-0.05, 0) is 43.5 Å². The van der Waals surface area contributed by atoms with E-state index in [0.29, 0.717) is 31.0 Å². The zero-order chi connectivity index (χ0) is 17.6. The molecule has 2 amide bonds. The third-order valence-corrected chi connectivity index (χ3v) is 4.12. The van der Waals surface area contributed by atoms with Gasteiger partial charge in [0.15, 0.2) is 11.7 Å². The molecular weight excluding hydrogens is 325 g/mol. The highest BCUT2D eigenvalue weighted by Crippen LogP contribution is 2.21. The van der Waals surface area contributed by atoms with Crippen LogP contribution in [0.2, 0.25) is 0 Å². The fourth-order valence-electron chi connectivity index (χ4n) is 2.74. The Morgan fingerprint density at radius 3 is 2.92 bits per heavy atom. The van der Waals surface area contributed by atoms with Crippen LogP contribution in [0.1, 0.15) is 31.6 Å². The predicted molar refractivity (Wildman–Crippen MR) is 89.0 cm³/mol. The molecule has 7 heteroatoms. The molecule has 0 radical (unpaired) electrons. The van der Waals surface area contributed by atoms with Crippen molar-refractivity contribution in [1.29, 1.82) is 0 Å². The zero-order valence-corrected chi connectivity index (χ0v) is 13.8. The van der Waals surface area contributed by atoms with Crippen molar-refractivity contribution in [3.63, 3.8) is 0 Å². The Kier molecular flexibility index (Phi) is 5.42. The minimum Gasteiger partial charge on any atom is -0.441 e. The zero-order valence-electron chi connectivity index (χ0n) is 13.8. The standard InChI is InChI=1S/C18H20FN3O3/c19-13-6-4-12(5-7-13)15-11-21-17(25-15)9-8-16(23)22-14-3-1-2-10-20-18(14)24/h4-7,11,14H,1-3,8-10H2,(H,20,24)(H,22,23). The number of aryl methyl sites for hydroxylation is 1. The van der Waals surface area contributed by atoms with E-state index in [1.165, 1.54) is 12.1 Å². The van der Waals surface area contributed by atoms with Gasteiger partial charge in [0, 0.05) is 24.9 Å². The van der Waals surface area contributed by atoms with Crippen molar-refractivity contribution >= 4 is 11.8 Å². The summed E-state index contributed by atoms with van der Waals surface area (Å²) < 4.78 is 18.5. The molecule has 1 unspecified atom stereocenters. The van der Waals surface area contributed by atoms with Gasteiger partial charge in [-0.3, -0.25) is 9.59 Å². The first kappa shape index (κ1) is 17.1. The van der Waals surface area contributed by atoms with Crippen LogP contribution in [0.15, 0.2) is 34.9 Å². The maximum Gasteiger partial charge on any atom is 0.242 e. The summed E-state index contributed by atoms with van der Waals surface area (Å²) in [6, 6.07) is 5.45. The number of oxazole rings is 1. The van der Waals surface area contributed by atoms with Crippen molar-refractivity contribution in [2.24, 2.45) is 0 Å². The van der Waals surface area contributed by atoms with E-state index in [-0.39, 0.29) is 24.1 Å². The lowest BCUT2D eigenvalue weighted by atomic mass is 10.1. The van der Waals surface area contributed by atoms with E-state index in [1.807, 2.05) is 0 Å². The average molecular weight is 345 g/mol. The summed E-state index contributed by atoms with van der Waals surface area (Å²) in [4.78, 5) is 28.0. The van der Waals surface area contributed by atoms with E-state index in [9.17, 15) is 14.0 Å². The Hall–Kier alpha value is -2.70. The van der Waals surface area contributed by atoms with Crippen LogP contribution in [0.4, 0.5) is 4.39 Å². The highest BCUT2D eigenvalue weighted by molar-refractivity contribution is 5.87. The van der Waals surface area contributed by atoms with E-state index in [0.717, 1.165) is 18.4 Å². The molecule has 132 valence electrons. The molecular formula is C18H20FN3O3. The minimum absolute atomic E-state index is 0.124. The molecule has 1 aromatic carbocycles. The number of nitrogens with zero attached hydrogens (tertiary/aromatic N) is 1. The number of aromatic nitrogens is 1. The number of hydrogen-bond acceptors (Lipinski definition) is 4. The summed E-state index contributed by atoms with van der Waals surface area (Å²) in [5.74, 6) is 0.310. The Morgan fingerprint density at radius 2 is 2.12 bits per heavy atom. The first-order chi connectivity index (χ1) is 12.1. The molecule has 1 atom stereocenters. The van der Waals surface area contributed by atoms with Gasteiger partial charge in [-0.25, -0.2) is 9.37 Å². The summed E-state index contributed by atoms with van der Waals surface area (Å²) in [5, 5.41) is 5.55. The topological polar surface area (TPSA) is 84.2 Å². The molecule has 3 rings (SSSR count). The van der Waals surface area contributed by atoms with E-state index in [4.69, 9.17) is 4.42 Å². The maximum atomic E-state index is 12.9. The lowest BCUT2D eigenvalue weighted by Gasteiger charge is -2.14. The van der Waals surface area contributed by atoms with Crippen LogP contribution in [0.25, 0.3) is 11.3 Å². The Bertz CT molecular complexity index is 742. The summed E-state index contributed by atoms with van der Waals surface area (Å²) in [6.07, 6.45) is 4.57. The fraction of sp³-hybridized carbons (Fsp3) is 0.389. The SMILES string of the molecule is O=C(CCc1ncc(-c2ccc(F)cc2)o1)NC1CCCCNC1=O. The summed E-state index contributed by atoms with van der Waals surface area (Å²) in [5.41, 5.74) is 0.722.